The third-order valence-electron chi connectivity index (χ3n) is 3.05. The Labute approximate surface area is 107 Å². The maximum atomic E-state index is 12.2. The molecule has 0 radical (unpaired) electrons. The van der Waals surface area contributed by atoms with Gasteiger partial charge in [0.25, 0.3) is 0 Å². The van der Waals surface area contributed by atoms with Crippen LogP contribution in [0, 0.1) is 0 Å². The third kappa shape index (κ3) is 3.45. The van der Waals surface area contributed by atoms with Crippen LogP contribution in [0.4, 0.5) is 0 Å². The van der Waals surface area contributed by atoms with Crippen LogP contribution in [0.3, 0.4) is 0 Å². The van der Waals surface area contributed by atoms with Crippen LogP contribution < -0.4 is 5.32 Å². The Kier molecular flexibility index (Phi) is 5.12. The number of methoxy groups -OCH3 is 1. The molecule has 6 nitrogen and oxygen atoms in total. The molecule has 1 N–H and O–H groups in total. The van der Waals surface area contributed by atoms with E-state index in [-0.39, 0.29) is 11.8 Å². The summed E-state index contributed by atoms with van der Waals surface area (Å²) in [6.07, 6.45) is 2.38. The summed E-state index contributed by atoms with van der Waals surface area (Å²) in [6.45, 7) is 3.51. The fourth-order valence-corrected chi connectivity index (χ4v) is 2.19. The van der Waals surface area contributed by atoms with Gasteiger partial charge in [-0.2, -0.15) is 0 Å². The Morgan fingerprint density at radius 1 is 1.33 bits per heavy atom. The molecule has 18 heavy (non-hydrogen) atoms. The van der Waals surface area contributed by atoms with Gasteiger partial charge in [-0.1, -0.05) is 0 Å². The molecule has 2 unspecified atom stereocenters. The number of carbonyl (C=O) groups is 3. The highest BCUT2D eigenvalue weighted by Crippen LogP contribution is 2.19. The third-order valence-corrected chi connectivity index (χ3v) is 3.05. The van der Waals surface area contributed by atoms with Crippen LogP contribution in [-0.4, -0.2) is 48.4 Å². The molecule has 1 rings (SSSR count). The molecule has 2 atom stereocenters. The summed E-state index contributed by atoms with van der Waals surface area (Å²) in [4.78, 5) is 36.2. The summed E-state index contributed by atoms with van der Waals surface area (Å²) in [5.74, 6) is -0.888. The minimum atomic E-state index is -0.618. The van der Waals surface area contributed by atoms with E-state index < -0.39 is 18.1 Å². The second kappa shape index (κ2) is 6.37. The number of amides is 2. The van der Waals surface area contributed by atoms with Crippen molar-refractivity contribution in [3.05, 3.63) is 0 Å². The Morgan fingerprint density at radius 2 is 2.00 bits per heavy atom. The predicted molar refractivity (Wildman–Crippen MR) is 64.6 cm³/mol. The molecule has 0 saturated carbocycles. The van der Waals surface area contributed by atoms with Crippen LogP contribution in [0.5, 0.6) is 0 Å². The van der Waals surface area contributed by atoms with Crippen LogP contribution in [0.25, 0.3) is 0 Å². The molecule has 1 heterocycles. The van der Waals surface area contributed by atoms with Gasteiger partial charge < -0.3 is 15.0 Å². The van der Waals surface area contributed by atoms with E-state index in [1.807, 2.05) is 0 Å². The lowest BCUT2D eigenvalue weighted by atomic mass is 10.0. The van der Waals surface area contributed by atoms with Crippen LogP contribution >= 0.6 is 0 Å². The molecule has 2 amide bonds. The van der Waals surface area contributed by atoms with Crippen molar-refractivity contribution in [2.24, 2.45) is 0 Å². The quantitative estimate of drug-likeness (QED) is 0.725. The zero-order valence-electron chi connectivity index (χ0n) is 11.1. The van der Waals surface area contributed by atoms with Crippen LogP contribution in [0.2, 0.25) is 0 Å². The Balaban J connectivity index is 2.73. The van der Waals surface area contributed by atoms with Crippen LogP contribution in [-0.2, 0) is 19.1 Å². The van der Waals surface area contributed by atoms with Crippen molar-refractivity contribution in [1.29, 1.82) is 0 Å². The van der Waals surface area contributed by atoms with Gasteiger partial charge in [-0.25, -0.2) is 4.79 Å². The largest absolute Gasteiger partial charge is 0.467 e. The van der Waals surface area contributed by atoms with Crippen molar-refractivity contribution in [2.75, 3.05) is 13.7 Å². The molecule has 6 heteroatoms. The van der Waals surface area contributed by atoms with Gasteiger partial charge in [0.2, 0.25) is 11.8 Å². The lowest BCUT2D eigenvalue weighted by molar-refractivity contribution is -0.155. The fourth-order valence-electron chi connectivity index (χ4n) is 2.19. The topological polar surface area (TPSA) is 75.7 Å². The summed E-state index contributed by atoms with van der Waals surface area (Å²) in [7, 11) is 1.32. The SMILES string of the molecule is COC(=O)C1CCCCN1C(=O)C(C)NC(C)=O. The van der Waals surface area contributed by atoms with E-state index in [9.17, 15) is 14.4 Å². The van der Waals surface area contributed by atoms with Gasteiger partial charge in [0, 0.05) is 13.5 Å². The molecule has 102 valence electrons. The smallest absolute Gasteiger partial charge is 0.328 e. The highest BCUT2D eigenvalue weighted by Gasteiger charge is 2.34. The Morgan fingerprint density at radius 3 is 2.56 bits per heavy atom. The number of esters is 1. The van der Waals surface area contributed by atoms with Gasteiger partial charge >= 0.3 is 5.97 Å². The van der Waals surface area contributed by atoms with Crippen molar-refractivity contribution in [3.63, 3.8) is 0 Å². The van der Waals surface area contributed by atoms with Crippen molar-refractivity contribution in [2.45, 2.75) is 45.2 Å². The van der Waals surface area contributed by atoms with Crippen LogP contribution in [0.1, 0.15) is 33.1 Å². The first-order valence-corrected chi connectivity index (χ1v) is 6.12. The maximum absolute atomic E-state index is 12.2. The lowest BCUT2D eigenvalue weighted by Gasteiger charge is -2.35. The molecular weight excluding hydrogens is 236 g/mol. The zero-order chi connectivity index (χ0) is 13.7. The number of carbonyl (C=O) groups excluding carboxylic acids is 3. The molecule has 0 aliphatic carbocycles. The summed E-state index contributed by atoms with van der Waals surface area (Å²) in [6, 6.07) is -1.14. The Bertz CT molecular complexity index is 343. The normalized spacial score (nSPS) is 21.1. The van der Waals surface area contributed by atoms with E-state index in [4.69, 9.17) is 4.74 Å². The van der Waals surface area contributed by atoms with Crippen molar-refractivity contribution >= 4 is 17.8 Å². The van der Waals surface area contributed by atoms with Gasteiger partial charge in [-0.05, 0) is 26.2 Å². The standard InChI is InChI=1S/C12H20N2O4/c1-8(13-9(2)15)11(16)14-7-5-4-6-10(14)12(17)18-3/h8,10H,4-7H2,1-3H3,(H,13,15). The first-order chi connectivity index (χ1) is 8.47. The number of rotatable bonds is 3. The average Bonchev–Trinajstić information content (AvgIpc) is 2.36. The average molecular weight is 256 g/mol. The van der Waals surface area contributed by atoms with Gasteiger partial charge in [0.1, 0.15) is 12.1 Å². The number of ether oxygens (including phenoxy) is 1. The molecule has 0 aromatic carbocycles. The first-order valence-electron chi connectivity index (χ1n) is 6.12. The highest BCUT2D eigenvalue weighted by molar-refractivity contribution is 5.90. The second-order valence-corrected chi connectivity index (χ2v) is 4.49. The number of hydrogen-bond acceptors (Lipinski definition) is 4. The molecule has 1 saturated heterocycles. The van der Waals surface area contributed by atoms with Gasteiger partial charge in [0.15, 0.2) is 0 Å². The van der Waals surface area contributed by atoms with E-state index in [1.165, 1.54) is 18.9 Å². The number of piperidine rings is 1. The summed E-state index contributed by atoms with van der Waals surface area (Å²) < 4.78 is 4.71. The predicted octanol–water partition coefficient (Wildman–Crippen LogP) is 0.0651. The summed E-state index contributed by atoms with van der Waals surface area (Å²) in [5.41, 5.74) is 0. The summed E-state index contributed by atoms with van der Waals surface area (Å²) >= 11 is 0. The highest BCUT2D eigenvalue weighted by atomic mass is 16.5. The molecule has 0 aromatic rings. The van der Waals surface area contributed by atoms with E-state index in [1.54, 1.807) is 6.92 Å². The molecule has 0 aromatic heterocycles. The van der Waals surface area contributed by atoms with Crippen LogP contribution in [0.15, 0.2) is 0 Å². The molecular formula is C12H20N2O4. The van der Waals surface area contributed by atoms with Gasteiger partial charge in [-0.3, -0.25) is 9.59 Å². The van der Waals surface area contributed by atoms with E-state index in [0.29, 0.717) is 13.0 Å². The maximum Gasteiger partial charge on any atom is 0.328 e. The second-order valence-electron chi connectivity index (χ2n) is 4.49. The zero-order valence-corrected chi connectivity index (χ0v) is 11.1. The minimum Gasteiger partial charge on any atom is -0.467 e. The fraction of sp³-hybridized carbons (Fsp3) is 0.750. The van der Waals surface area contributed by atoms with E-state index >= 15 is 0 Å². The number of hydrogen-bond donors (Lipinski definition) is 1. The van der Waals surface area contributed by atoms with Crippen molar-refractivity contribution < 1.29 is 19.1 Å². The molecule has 1 fully saturated rings. The minimum absolute atomic E-state index is 0.236. The number of nitrogens with zero attached hydrogens (tertiary/aromatic N) is 1. The summed E-state index contributed by atoms with van der Waals surface area (Å²) in [5, 5.41) is 2.54. The Hall–Kier alpha value is -1.59. The van der Waals surface area contributed by atoms with Crippen molar-refractivity contribution in [3.8, 4) is 0 Å². The molecule has 0 bridgehead atoms. The van der Waals surface area contributed by atoms with E-state index in [0.717, 1.165) is 12.8 Å². The van der Waals surface area contributed by atoms with Crippen molar-refractivity contribution in [1.82, 2.24) is 10.2 Å². The first kappa shape index (κ1) is 14.5. The number of likely N-dealkylation sites (tertiary alicyclic amines) is 1. The molecule has 1 aliphatic heterocycles. The number of nitrogens with one attached hydrogen (secondary N) is 1. The van der Waals surface area contributed by atoms with Gasteiger partial charge in [-0.15, -0.1) is 0 Å². The molecule has 1 aliphatic rings. The van der Waals surface area contributed by atoms with E-state index in [2.05, 4.69) is 5.32 Å². The molecule has 0 spiro atoms. The van der Waals surface area contributed by atoms with Gasteiger partial charge in [0.05, 0.1) is 7.11 Å². The monoisotopic (exact) mass is 256 g/mol. The lowest BCUT2D eigenvalue weighted by Crippen LogP contribution is -2.54.